The summed E-state index contributed by atoms with van der Waals surface area (Å²) in [5.41, 5.74) is 0.490. The minimum atomic E-state index is -0.887. The Hall–Kier alpha value is -1.36. The maximum absolute atomic E-state index is 10.5. The van der Waals surface area contributed by atoms with Crippen LogP contribution in [-0.4, -0.2) is 29.3 Å². The van der Waals surface area contributed by atoms with Crippen molar-refractivity contribution in [3.63, 3.8) is 0 Å². The Morgan fingerprint density at radius 1 is 1.53 bits per heavy atom. The smallest absolute Gasteiger partial charge is 0.309 e. The Morgan fingerprint density at radius 3 is 2.93 bits per heavy atom. The molecule has 82 valence electrons. The van der Waals surface area contributed by atoms with Gasteiger partial charge in [-0.1, -0.05) is 0 Å². The summed E-state index contributed by atoms with van der Waals surface area (Å²) in [5, 5.41) is 8.58. The lowest BCUT2D eigenvalue weighted by molar-refractivity contribution is -0.136. The highest BCUT2D eigenvalue weighted by molar-refractivity contribution is 5.69. The first-order chi connectivity index (χ1) is 7.25. The molecule has 0 aliphatic carbocycles. The molecule has 1 saturated heterocycles. The van der Waals surface area contributed by atoms with E-state index in [9.17, 15) is 4.79 Å². The van der Waals surface area contributed by atoms with Crippen LogP contribution in [0.3, 0.4) is 0 Å². The fourth-order valence-corrected chi connectivity index (χ4v) is 1.69. The second-order valence-electron chi connectivity index (χ2n) is 3.63. The second-order valence-corrected chi connectivity index (χ2v) is 3.63. The van der Waals surface area contributed by atoms with E-state index in [0.29, 0.717) is 11.6 Å². The van der Waals surface area contributed by atoms with E-state index in [1.54, 1.807) is 0 Å². The number of nitrogens with zero attached hydrogens (tertiary/aromatic N) is 1. The Bertz CT molecular complexity index is 341. The van der Waals surface area contributed by atoms with Gasteiger partial charge in [-0.25, -0.2) is 4.98 Å². The minimum absolute atomic E-state index is 0.0767. The zero-order valence-electron chi connectivity index (χ0n) is 8.31. The van der Waals surface area contributed by atoms with Gasteiger partial charge in [0.15, 0.2) is 5.89 Å². The van der Waals surface area contributed by atoms with Crippen molar-refractivity contribution >= 4 is 5.97 Å². The number of carboxylic acid groups (broad SMARTS) is 1. The number of rotatable bonds is 3. The Labute approximate surface area is 87.1 Å². The van der Waals surface area contributed by atoms with Crippen LogP contribution in [0.4, 0.5) is 0 Å². The molecule has 1 aliphatic heterocycles. The maximum atomic E-state index is 10.5. The third-order valence-electron chi connectivity index (χ3n) is 2.47. The van der Waals surface area contributed by atoms with E-state index < -0.39 is 5.97 Å². The molecule has 2 heterocycles. The molecule has 1 aliphatic rings. The van der Waals surface area contributed by atoms with Crippen LogP contribution in [0, 0.1) is 0 Å². The van der Waals surface area contributed by atoms with E-state index in [4.69, 9.17) is 14.3 Å². The molecule has 0 spiro atoms. The highest BCUT2D eigenvalue weighted by atomic mass is 16.5. The average molecular weight is 211 g/mol. The van der Waals surface area contributed by atoms with Gasteiger partial charge in [-0.05, 0) is 12.8 Å². The van der Waals surface area contributed by atoms with Crippen molar-refractivity contribution in [2.45, 2.75) is 25.2 Å². The van der Waals surface area contributed by atoms with Crippen LogP contribution >= 0.6 is 0 Å². The summed E-state index contributed by atoms with van der Waals surface area (Å²) in [6.45, 7) is 1.45. The molecule has 5 heteroatoms. The van der Waals surface area contributed by atoms with Crippen molar-refractivity contribution in [3.05, 3.63) is 17.8 Å². The molecule has 0 unspecified atom stereocenters. The van der Waals surface area contributed by atoms with E-state index in [1.165, 1.54) is 6.26 Å². The quantitative estimate of drug-likeness (QED) is 0.813. The van der Waals surface area contributed by atoms with Gasteiger partial charge in [0.1, 0.15) is 6.26 Å². The number of hydrogen-bond acceptors (Lipinski definition) is 4. The molecule has 0 saturated carbocycles. The average Bonchev–Trinajstić information content (AvgIpc) is 2.67. The number of aliphatic carboxylic acids is 1. The topological polar surface area (TPSA) is 72.6 Å². The van der Waals surface area contributed by atoms with Crippen molar-refractivity contribution in [2.75, 3.05) is 13.2 Å². The normalized spacial score (nSPS) is 17.9. The summed E-state index contributed by atoms with van der Waals surface area (Å²) < 4.78 is 10.5. The fourth-order valence-electron chi connectivity index (χ4n) is 1.69. The lowest BCUT2D eigenvalue weighted by Gasteiger charge is -2.18. The van der Waals surface area contributed by atoms with Gasteiger partial charge in [0, 0.05) is 19.1 Å². The zero-order chi connectivity index (χ0) is 10.7. The third kappa shape index (κ3) is 2.56. The molecule has 0 bridgehead atoms. The highest BCUT2D eigenvalue weighted by Crippen LogP contribution is 2.26. The maximum Gasteiger partial charge on any atom is 0.309 e. The standard InChI is InChI=1S/C10H13NO4/c12-9(13)5-8-6-15-10(11-8)7-1-3-14-4-2-7/h6-7H,1-5H2,(H,12,13). The second kappa shape index (κ2) is 4.44. The van der Waals surface area contributed by atoms with Gasteiger partial charge < -0.3 is 14.3 Å². The van der Waals surface area contributed by atoms with Crippen LogP contribution in [0.15, 0.2) is 10.7 Å². The third-order valence-corrected chi connectivity index (χ3v) is 2.47. The van der Waals surface area contributed by atoms with Gasteiger partial charge in [0.2, 0.25) is 0 Å². The lowest BCUT2D eigenvalue weighted by atomic mass is 10.0. The summed E-state index contributed by atoms with van der Waals surface area (Å²) in [6.07, 6.45) is 3.14. The van der Waals surface area contributed by atoms with Crippen LogP contribution in [0.25, 0.3) is 0 Å². The van der Waals surface area contributed by atoms with Gasteiger partial charge in [-0.15, -0.1) is 0 Å². The molecule has 0 atom stereocenters. The van der Waals surface area contributed by atoms with Crippen LogP contribution in [-0.2, 0) is 16.0 Å². The summed E-state index contributed by atoms with van der Waals surface area (Å²) in [6, 6.07) is 0. The van der Waals surface area contributed by atoms with Gasteiger partial charge >= 0.3 is 5.97 Å². The first-order valence-electron chi connectivity index (χ1n) is 4.99. The molecule has 1 N–H and O–H groups in total. The van der Waals surface area contributed by atoms with E-state index in [1.807, 2.05) is 0 Å². The zero-order valence-corrected chi connectivity index (χ0v) is 8.31. The van der Waals surface area contributed by atoms with Crippen molar-refractivity contribution < 1.29 is 19.1 Å². The molecule has 0 radical (unpaired) electrons. The lowest BCUT2D eigenvalue weighted by Crippen LogP contribution is -2.14. The van der Waals surface area contributed by atoms with Gasteiger partial charge in [0.25, 0.3) is 0 Å². The summed E-state index contributed by atoms with van der Waals surface area (Å²) in [4.78, 5) is 14.6. The molecule has 1 fully saturated rings. The Morgan fingerprint density at radius 2 is 2.27 bits per heavy atom. The summed E-state index contributed by atoms with van der Waals surface area (Å²) in [7, 11) is 0. The van der Waals surface area contributed by atoms with E-state index in [0.717, 1.165) is 26.1 Å². The number of carbonyl (C=O) groups is 1. The van der Waals surface area contributed by atoms with E-state index in [-0.39, 0.29) is 12.3 Å². The van der Waals surface area contributed by atoms with Crippen LogP contribution < -0.4 is 0 Å². The number of aromatic nitrogens is 1. The number of carboxylic acids is 1. The van der Waals surface area contributed by atoms with Crippen LogP contribution in [0.5, 0.6) is 0 Å². The minimum Gasteiger partial charge on any atom is -0.481 e. The van der Waals surface area contributed by atoms with Crippen molar-refractivity contribution in [2.24, 2.45) is 0 Å². The van der Waals surface area contributed by atoms with Crippen LogP contribution in [0.2, 0.25) is 0 Å². The van der Waals surface area contributed by atoms with Crippen molar-refractivity contribution in [1.82, 2.24) is 4.98 Å². The molecular formula is C10H13NO4. The van der Waals surface area contributed by atoms with Gasteiger partial charge in [0.05, 0.1) is 12.1 Å². The Kier molecular flexibility index (Phi) is 3.01. The largest absolute Gasteiger partial charge is 0.481 e. The van der Waals surface area contributed by atoms with E-state index >= 15 is 0 Å². The number of oxazole rings is 1. The summed E-state index contributed by atoms with van der Waals surface area (Å²) >= 11 is 0. The molecular weight excluding hydrogens is 198 g/mol. The molecule has 5 nitrogen and oxygen atoms in total. The molecule has 0 aromatic carbocycles. The van der Waals surface area contributed by atoms with Crippen molar-refractivity contribution in [3.8, 4) is 0 Å². The predicted octanol–water partition coefficient (Wildman–Crippen LogP) is 1.20. The first kappa shape index (κ1) is 10.2. The Balaban J connectivity index is 2.02. The molecule has 2 rings (SSSR count). The summed E-state index contributed by atoms with van der Waals surface area (Å²) in [5.74, 6) is 0.0395. The monoisotopic (exact) mass is 211 g/mol. The highest BCUT2D eigenvalue weighted by Gasteiger charge is 2.21. The SMILES string of the molecule is O=C(O)Cc1coc(C2CCOCC2)n1. The fraction of sp³-hybridized carbons (Fsp3) is 0.600. The molecule has 15 heavy (non-hydrogen) atoms. The molecule has 1 aromatic heterocycles. The van der Waals surface area contributed by atoms with Crippen molar-refractivity contribution in [1.29, 1.82) is 0 Å². The molecule has 1 aromatic rings. The predicted molar refractivity (Wildman–Crippen MR) is 50.6 cm³/mol. The van der Waals surface area contributed by atoms with Crippen LogP contribution in [0.1, 0.15) is 30.3 Å². The van der Waals surface area contributed by atoms with E-state index in [2.05, 4.69) is 4.98 Å². The number of ether oxygens (including phenoxy) is 1. The number of hydrogen-bond donors (Lipinski definition) is 1. The first-order valence-corrected chi connectivity index (χ1v) is 4.99. The molecule has 0 amide bonds. The van der Waals surface area contributed by atoms with Gasteiger partial charge in [-0.2, -0.15) is 0 Å². The van der Waals surface area contributed by atoms with Gasteiger partial charge in [-0.3, -0.25) is 4.79 Å².